The number of fused-ring (bicyclic) bond motifs is 4. The number of nitrogens with one attached hydrogen (secondary N) is 1. The van der Waals surface area contributed by atoms with Crippen molar-refractivity contribution in [2.24, 2.45) is 0 Å². The maximum Gasteiger partial charge on any atom is 0.119 e. The van der Waals surface area contributed by atoms with E-state index in [-0.39, 0.29) is 5.41 Å². The molecule has 2 heterocycles. The summed E-state index contributed by atoms with van der Waals surface area (Å²) in [7, 11) is 1.69. The maximum absolute atomic E-state index is 12.3. The summed E-state index contributed by atoms with van der Waals surface area (Å²) >= 11 is 6.24. The van der Waals surface area contributed by atoms with Crippen LogP contribution in [0.3, 0.4) is 0 Å². The first-order valence-corrected chi connectivity index (χ1v) is 10.8. The van der Waals surface area contributed by atoms with E-state index in [0.29, 0.717) is 13.0 Å². The summed E-state index contributed by atoms with van der Waals surface area (Å²) in [6, 6.07) is 14.2. The molecule has 0 bridgehead atoms. The first-order valence-electron chi connectivity index (χ1n) is 10.5. The Labute approximate surface area is 182 Å². The Balaban J connectivity index is 1.68. The van der Waals surface area contributed by atoms with E-state index in [1.807, 2.05) is 30.3 Å². The quantitative estimate of drug-likeness (QED) is 0.609. The summed E-state index contributed by atoms with van der Waals surface area (Å²) < 4.78 is 5.52. The number of hydrogen-bond donors (Lipinski definition) is 2. The third-order valence-corrected chi connectivity index (χ3v) is 7.38. The van der Waals surface area contributed by atoms with Crippen molar-refractivity contribution in [1.29, 1.82) is 0 Å². The molecule has 2 N–H and O–H groups in total. The van der Waals surface area contributed by atoms with Crippen molar-refractivity contribution in [3.8, 4) is 5.75 Å². The van der Waals surface area contributed by atoms with Crippen molar-refractivity contribution in [2.75, 3.05) is 26.7 Å². The monoisotopic (exact) mass is 422 g/mol. The Kier molecular flexibility index (Phi) is 4.69. The van der Waals surface area contributed by atoms with E-state index in [9.17, 15) is 5.11 Å². The number of rotatable bonds is 4. The van der Waals surface area contributed by atoms with Gasteiger partial charge in [0.2, 0.25) is 0 Å². The normalized spacial score (nSPS) is 26.2. The second-order valence-corrected chi connectivity index (χ2v) is 9.18. The van der Waals surface area contributed by atoms with Crippen LogP contribution in [0.1, 0.15) is 23.2 Å². The zero-order valence-corrected chi connectivity index (χ0v) is 18.0. The van der Waals surface area contributed by atoms with Gasteiger partial charge < -0.3 is 14.8 Å². The number of piperidine rings is 1. The molecule has 0 spiro atoms. The standard InChI is InChI=1S/C25H27ClN2O2/c1-3-10-28-11-9-24(17-5-4-6-19(12-17)30-2)15-23-21(14-25(24,29)16-28)20-8-7-18(26)13-22(20)27-23/h3-8,12-13,27,29H,1,9-11,14-16H2,2H3. The SMILES string of the molecule is C=CCN1CCC2(c3cccc(OC)c3)Cc3[nH]c4cc(Cl)ccc4c3CC2(O)C1. The third-order valence-electron chi connectivity index (χ3n) is 7.14. The Morgan fingerprint density at radius 1 is 1.27 bits per heavy atom. The van der Waals surface area contributed by atoms with Gasteiger partial charge in [-0.25, -0.2) is 0 Å². The highest BCUT2D eigenvalue weighted by atomic mass is 35.5. The molecule has 4 nitrogen and oxygen atoms in total. The van der Waals surface area contributed by atoms with E-state index in [0.717, 1.165) is 53.2 Å². The van der Waals surface area contributed by atoms with Crippen molar-refractivity contribution in [1.82, 2.24) is 9.88 Å². The minimum Gasteiger partial charge on any atom is -0.497 e. The highest BCUT2D eigenvalue weighted by molar-refractivity contribution is 6.31. The maximum atomic E-state index is 12.3. The molecule has 2 aromatic carbocycles. The number of aromatic amines is 1. The van der Waals surface area contributed by atoms with Gasteiger partial charge in [0.15, 0.2) is 0 Å². The molecule has 1 saturated heterocycles. The summed E-state index contributed by atoms with van der Waals surface area (Å²) in [5.41, 5.74) is 3.34. The Morgan fingerprint density at radius 3 is 2.93 bits per heavy atom. The van der Waals surface area contributed by atoms with E-state index in [1.54, 1.807) is 7.11 Å². The number of nitrogens with zero attached hydrogens (tertiary/aromatic N) is 1. The number of β-amino-alcohol motifs (C(OH)–C–C–N with tert-alkyl or cyclic N) is 1. The number of ether oxygens (including phenoxy) is 1. The van der Waals surface area contributed by atoms with Crippen LogP contribution < -0.4 is 4.74 Å². The summed E-state index contributed by atoms with van der Waals surface area (Å²) in [6.07, 6.45) is 4.17. The molecule has 0 radical (unpaired) electrons. The second kappa shape index (κ2) is 7.16. The molecular weight excluding hydrogens is 396 g/mol. The zero-order chi connectivity index (χ0) is 20.9. The summed E-state index contributed by atoms with van der Waals surface area (Å²) in [4.78, 5) is 5.92. The van der Waals surface area contributed by atoms with Gasteiger partial charge in [0, 0.05) is 53.0 Å². The minimum atomic E-state index is -0.887. The van der Waals surface area contributed by atoms with Gasteiger partial charge in [0.25, 0.3) is 0 Å². The van der Waals surface area contributed by atoms with Crippen LogP contribution in [0.15, 0.2) is 55.1 Å². The van der Waals surface area contributed by atoms with Crippen molar-refractivity contribution in [3.63, 3.8) is 0 Å². The van der Waals surface area contributed by atoms with Crippen molar-refractivity contribution in [3.05, 3.63) is 77.0 Å². The fourth-order valence-corrected chi connectivity index (χ4v) is 5.84. The zero-order valence-electron chi connectivity index (χ0n) is 17.2. The van der Waals surface area contributed by atoms with Crippen LogP contribution in [-0.2, 0) is 18.3 Å². The van der Waals surface area contributed by atoms with E-state index in [1.165, 1.54) is 11.3 Å². The van der Waals surface area contributed by atoms with Crippen LogP contribution in [0.4, 0.5) is 0 Å². The van der Waals surface area contributed by atoms with Crippen LogP contribution in [-0.4, -0.2) is 47.3 Å². The predicted octanol–water partition coefficient (Wildman–Crippen LogP) is 4.49. The number of aromatic nitrogens is 1. The van der Waals surface area contributed by atoms with Gasteiger partial charge in [0.1, 0.15) is 5.75 Å². The highest BCUT2D eigenvalue weighted by Crippen LogP contribution is 2.51. The van der Waals surface area contributed by atoms with Crippen LogP contribution in [0.25, 0.3) is 10.9 Å². The van der Waals surface area contributed by atoms with Gasteiger partial charge in [-0.15, -0.1) is 6.58 Å². The molecule has 2 atom stereocenters. The number of methoxy groups -OCH3 is 1. The van der Waals surface area contributed by atoms with Gasteiger partial charge in [-0.1, -0.05) is 35.9 Å². The Bertz CT molecular complexity index is 1120. The van der Waals surface area contributed by atoms with Crippen LogP contribution in [0, 0.1) is 0 Å². The van der Waals surface area contributed by atoms with Gasteiger partial charge in [-0.3, -0.25) is 4.90 Å². The average Bonchev–Trinajstić information content (AvgIpc) is 3.07. The van der Waals surface area contributed by atoms with Gasteiger partial charge in [-0.05, 0) is 48.4 Å². The summed E-state index contributed by atoms with van der Waals surface area (Å²) in [5.74, 6) is 0.826. The molecule has 3 aromatic rings. The molecule has 1 fully saturated rings. The number of benzene rings is 2. The fourth-order valence-electron chi connectivity index (χ4n) is 5.66. The van der Waals surface area contributed by atoms with Crippen molar-refractivity contribution in [2.45, 2.75) is 30.3 Å². The Hall–Kier alpha value is -2.27. The number of hydrogen-bond acceptors (Lipinski definition) is 3. The van der Waals surface area contributed by atoms with E-state index in [4.69, 9.17) is 16.3 Å². The third kappa shape index (κ3) is 2.89. The summed E-state index contributed by atoms with van der Waals surface area (Å²) in [6.45, 7) is 6.23. The van der Waals surface area contributed by atoms with Crippen LogP contribution in [0.2, 0.25) is 5.02 Å². The smallest absolute Gasteiger partial charge is 0.119 e. The largest absolute Gasteiger partial charge is 0.497 e. The van der Waals surface area contributed by atoms with E-state index < -0.39 is 5.60 Å². The minimum absolute atomic E-state index is 0.378. The van der Waals surface area contributed by atoms with Crippen LogP contribution in [0.5, 0.6) is 5.75 Å². The second-order valence-electron chi connectivity index (χ2n) is 8.75. The predicted molar refractivity (Wildman–Crippen MR) is 122 cm³/mol. The molecule has 30 heavy (non-hydrogen) atoms. The van der Waals surface area contributed by atoms with E-state index >= 15 is 0 Å². The lowest BCUT2D eigenvalue weighted by molar-refractivity contribution is -0.100. The van der Waals surface area contributed by atoms with E-state index in [2.05, 4.69) is 34.7 Å². The molecule has 0 saturated carbocycles. The first kappa shape index (κ1) is 19.7. The lowest BCUT2D eigenvalue weighted by Gasteiger charge is -2.56. The Morgan fingerprint density at radius 2 is 2.13 bits per heavy atom. The molecule has 1 aliphatic heterocycles. The molecule has 5 rings (SSSR count). The van der Waals surface area contributed by atoms with Crippen LogP contribution >= 0.6 is 11.6 Å². The number of H-pyrrole nitrogens is 1. The van der Waals surface area contributed by atoms with Crippen molar-refractivity contribution < 1.29 is 9.84 Å². The summed E-state index contributed by atoms with van der Waals surface area (Å²) in [5, 5.41) is 14.2. The molecular formula is C25H27ClN2O2. The molecule has 2 aliphatic rings. The van der Waals surface area contributed by atoms with Gasteiger partial charge in [0.05, 0.1) is 12.7 Å². The highest BCUT2D eigenvalue weighted by Gasteiger charge is 2.57. The number of halogens is 1. The van der Waals surface area contributed by atoms with Crippen molar-refractivity contribution >= 4 is 22.5 Å². The lowest BCUT2D eigenvalue weighted by Crippen LogP contribution is -2.66. The molecule has 156 valence electrons. The molecule has 5 heteroatoms. The number of aliphatic hydroxyl groups is 1. The number of likely N-dealkylation sites (tertiary alicyclic amines) is 1. The molecule has 2 unspecified atom stereocenters. The average molecular weight is 423 g/mol. The van der Waals surface area contributed by atoms with Gasteiger partial charge in [-0.2, -0.15) is 0 Å². The fraction of sp³-hybridized carbons (Fsp3) is 0.360. The first-order chi connectivity index (χ1) is 14.5. The lowest BCUT2D eigenvalue weighted by atomic mass is 9.56. The van der Waals surface area contributed by atoms with Gasteiger partial charge >= 0.3 is 0 Å². The topological polar surface area (TPSA) is 48.5 Å². The molecule has 1 aliphatic carbocycles. The molecule has 0 amide bonds. The molecule has 1 aromatic heterocycles.